The predicted octanol–water partition coefficient (Wildman–Crippen LogP) is 10.4. The molecular weight excluding hydrogens is 1010 g/mol. The fourth-order valence-corrected chi connectivity index (χ4v) is 9.77. The smallest absolute Gasteiger partial charge is 0.408 e. The first-order chi connectivity index (χ1) is 36.2. The normalized spacial score (nSPS) is 12.6. The van der Waals surface area contributed by atoms with Crippen LogP contribution in [0.1, 0.15) is 74.9 Å². The Morgan fingerprint density at radius 1 is 0.750 bits per heavy atom. The number of esters is 1. The van der Waals surface area contributed by atoms with Crippen LogP contribution in [0.3, 0.4) is 0 Å². The molecule has 4 amide bonds. The molecule has 76 heavy (non-hydrogen) atoms. The van der Waals surface area contributed by atoms with Gasteiger partial charge in [0.15, 0.2) is 0 Å². The summed E-state index contributed by atoms with van der Waals surface area (Å²) < 4.78 is 48.2. The predicted molar refractivity (Wildman–Crippen MR) is 292 cm³/mol. The van der Waals surface area contributed by atoms with E-state index in [1.807, 2.05) is 61.7 Å². The topological polar surface area (TPSA) is 195 Å². The van der Waals surface area contributed by atoms with Gasteiger partial charge in [0.05, 0.1) is 18.4 Å². The zero-order valence-corrected chi connectivity index (χ0v) is 46.0. The highest BCUT2D eigenvalue weighted by atomic mass is 32.2. The SMILES string of the molecule is CC(C)(C)[C@H](c1cc(-c2cc(F)ccc2F)cn1Cc1ccccc1)N(CCCNC(=O)OCC[Si](C)(C)C)C(=O)CSCCC(NC(=O)[C@H](CCC(=O)OCc1ccccc1)NC(=O)OCc1ccccc1)C(=O)O. The Hall–Kier alpha value is -6.99. The van der Waals surface area contributed by atoms with Gasteiger partial charge in [-0.05, 0) is 77.4 Å². The van der Waals surface area contributed by atoms with Gasteiger partial charge < -0.3 is 44.7 Å². The maximum Gasteiger partial charge on any atom is 0.408 e. The third kappa shape index (κ3) is 20.3. The number of carbonyl (C=O) groups excluding carboxylic acids is 5. The van der Waals surface area contributed by atoms with E-state index in [2.05, 4.69) is 35.6 Å². The first kappa shape index (κ1) is 59.9. The van der Waals surface area contributed by atoms with Gasteiger partial charge in [0, 0.05) is 57.1 Å². The Morgan fingerprint density at radius 2 is 1.37 bits per heavy atom. The molecule has 0 aliphatic heterocycles. The summed E-state index contributed by atoms with van der Waals surface area (Å²) in [6.45, 7) is 13.3. The summed E-state index contributed by atoms with van der Waals surface area (Å²) in [4.78, 5) is 81.4. The van der Waals surface area contributed by atoms with Crippen molar-refractivity contribution in [2.45, 2.75) is 110 Å². The van der Waals surface area contributed by atoms with Gasteiger partial charge >= 0.3 is 24.1 Å². The second-order valence-corrected chi connectivity index (χ2v) is 27.4. The van der Waals surface area contributed by atoms with E-state index in [1.165, 1.54) is 0 Å². The molecule has 4 aromatic carbocycles. The molecule has 408 valence electrons. The van der Waals surface area contributed by atoms with Crippen LogP contribution in [0, 0.1) is 17.0 Å². The summed E-state index contributed by atoms with van der Waals surface area (Å²) in [7, 11) is -1.45. The summed E-state index contributed by atoms with van der Waals surface area (Å²) in [5.41, 5.74) is 2.82. The molecule has 0 aliphatic carbocycles. The van der Waals surface area contributed by atoms with Crippen molar-refractivity contribution >= 4 is 55.8 Å². The van der Waals surface area contributed by atoms with Crippen LogP contribution >= 0.6 is 11.8 Å². The number of amides is 4. The Balaban J connectivity index is 1.33. The molecule has 1 aromatic heterocycles. The first-order valence-electron chi connectivity index (χ1n) is 25.3. The second kappa shape index (κ2) is 29.3. The highest BCUT2D eigenvalue weighted by Gasteiger charge is 2.37. The minimum atomic E-state index is -1.46. The Labute approximate surface area is 449 Å². The van der Waals surface area contributed by atoms with Gasteiger partial charge in [-0.3, -0.25) is 14.4 Å². The van der Waals surface area contributed by atoms with E-state index in [-0.39, 0.29) is 68.5 Å². The number of nitrogens with one attached hydrogen (secondary N) is 3. The second-order valence-electron chi connectivity index (χ2n) is 20.7. The number of carbonyl (C=O) groups is 6. The van der Waals surface area contributed by atoms with E-state index >= 15 is 4.39 Å². The summed E-state index contributed by atoms with van der Waals surface area (Å²) in [6, 6.07) is 29.7. The minimum Gasteiger partial charge on any atom is -0.480 e. The van der Waals surface area contributed by atoms with Gasteiger partial charge in [-0.2, -0.15) is 11.8 Å². The van der Waals surface area contributed by atoms with Crippen molar-refractivity contribution in [3.8, 4) is 11.1 Å². The van der Waals surface area contributed by atoms with Crippen LogP contribution in [-0.4, -0.2) is 102 Å². The molecule has 0 fully saturated rings. The van der Waals surface area contributed by atoms with E-state index in [9.17, 15) is 38.3 Å². The summed E-state index contributed by atoms with van der Waals surface area (Å²) in [5, 5.41) is 18.1. The Bertz CT molecular complexity index is 2690. The number of hydrogen-bond acceptors (Lipinski definition) is 10. The number of alkyl carbamates (subject to hydrolysis) is 2. The van der Waals surface area contributed by atoms with E-state index in [1.54, 1.807) is 71.8 Å². The van der Waals surface area contributed by atoms with Crippen molar-refractivity contribution in [2.24, 2.45) is 5.41 Å². The lowest BCUT2D eigenvalue weighted by Gasteiger charge is -2.41. The van der Waals surface area contributed by atoms with Crippen molar-refractivity contribution < 1.29 is 56.9 Å². The summed E-state index contributed by atoms with van der Waals surface area (Å²) >= 11 is 1.15. The fourth-order valence-electron chi connectivity index (χ4n) is 8.17. The highest BCUT2D eigenvalue weighted by molar-refractivity contribution is 7.99. The van der Waals surface area contributed by atoms with Crippen LogP contribution in [0.2, 0.25) is 25.7 Å². The number of carboxylic acids is 1. The number of benzene rings is 4. The number of halogens is 2. The molecule has 1 heterocycles. The molecule has 0 saturated heterocycles. The van der Waals surface area contributed by atoms with Crippen LogP contribution in [0.4, 0.5) is 18.4 Å². The van der Waals surface area contributed by atoms with Crippen LogP contribution in [0.25, 0.3) is 11.1 Å². The number of ether oxygens (including phenoxy) is 3. The number of thioether (sulfide) groups is 1. The summed E-state index contributed by atoms with van der Waals surface area (Å²) in [6.07, 6.45) is -0.0992. The molecule has 5 aromatic rings. The number of aromatic nitrogens is 1. The Morgan fingerprint density at radius 3 is 1.97 bits per heavy atom. The van der Waals surface area contributed by atoms with E-state index in [0.717, 1.165) is 47.1 Å². The van der Waals surface area contributed by atoms with E-state index < -0.39 is 73.3 Å². The average Bonchev–Trinajstić information content (AvgIpc) is 3.78. The highest BCUT2D eigenvalue weighted by Crippen LogP contribution is 2.41. The monoisotopic (exact) mass is 1080 g/mol. The van der Waals surface area contributed by atoms with Gasteiger partial charge in [-0.25, -0.2) is 23.2 Å². The van der Waals surface area contributed by atoms with Gasteiger partial charge in [0.25, 0.3) is 0 Å². The molecule has 15 nitrogen and oxygen atoms in total. The lowest BCUT2D eigenvalue weighted by Crippen LogP contribution is -2.52. The third-order valence-corrected chi connectivity index (χ3v) is 14.8. The number of rotatable bonds is 28. The number of hydrogen-bond donors (Lipinski definition) is 4. The molecule has 3 atom stereocenters. The first-order valence-corrected chi connectivity index (χ1v) is 30.2. The van der Waals surface area contributed by atoms with Crippen molar-refractivity contribution in [2.75, 3.05) is 31.2 Å². The molecule has 19 heteroatoms. The molecule has 5 rings (SSSR count). The van der Waals surface area contributed by atoms with Gasteiger partial charge in [0.2, 0.25) is 11.8 Å². The molecule has 0 aliphatic rings. The third-order valence-electron chi connectivity index (χ3n) is 12.1. The number of nitrogens with zero attached hydrogens (tertiary/aromatic N) is 2. The van der Waals surface area contributed by atoms with Gasteiger partial charge in [-0.1, -0.05) is 131 Å². The molecular formula is C57H71F2N5O10SSi. The maximum atomic E-state index is 15.4. The van der Waals surface area contributed by atoms with Crippen LogP contribution < -0.4 is 16.0 Å². The zero-order chi connectivity index (χ0) is 55.3. The largest absolute Gasteiger partial charge is 0.480 e. The van der Waals surface area contributed by atoms with E-state index in [0.29, 0.717) is 36.4 Å². The fraction of sp³-hybridized carbons (Fsp3) is 0.404. The number of carboxylic acid groups (broad SMARTS) is 1. The van der Waals surface area contributed by atoms with E-state index in [4.69, 9.17) is 14.2 Å². The van der Waals surface area contributed by atoms with Crippen molar-refractivity contribution in [1.29, 1.82) is 0 Å². The average molecular weight is 1080 g/mol. The molecule has 0 saturated carbocycles. The van der Waals surface area contributed by atoms with Crippen LogP contribution in [0.15, 0.2) is 121 Å². The maximum absolute atomic E-state index is 15.4. The van der Waals surface area contributed by atoms with Crippen LogP contribution in [-0.2, 0) is 53.1 Å². The van der Waals surface area contributed by atoms with Crippen molar-refractivity contribution in [3.63, 3.8) is 0 Å². The van der Waals surface area contributed by atoms with Gasteiger partial charge in [0.1, 0.15) is 36.9 Å². The molecule has 0 spiro atoms. The quantitative estimate of drug-likeness (QED) is 0.0161. The molecule has 4 N–H and O–H groups in total. The zero-order valence-electron chi connectivity index (χ0n) is 44.2. The van der Waals surface area contributed by atoms with Crippen molar-refractivity contribution in [3.05, 3.63) is 155 Å². The van der Waals surface area contributed by atoms with Crippen molar-refractivity contribution in [1.82, 2.24) is 25.4 Å². The molecule has 1 unspecified atom stereocenters. The standard InChI is InChI=1S/C57H71F2N5O10SSi/c1-57(2,3)52(49-33-43(45-34-44(58)23-24-46(45)59)36-63(49)35-40-17-10-7-11-18-40)64(29-16-28-60-55(70)72-30-32-76(4,5)6)50(65)39-75-31-27-48(54(68)69)61-53(67)47(62-56(71)74-38-42-21-14-9-15-22-42)25-26-51(66)73-37-41-19-12-8-13-20-41/h7-15,17-24,33-34,36,47-48,52H,16,25-32,35,37-39H2,1-6H3,(H,60,70)(H,61,67)(H,62,71)(H,68,69)/t47-,48?,52-/m0/s1. The lowest BCUT2D eigenvalue weighted by atomic mass is 9.83. The molecule has 0 radical (unpaired) electrons. The van der Waals surface area contributed by atoms with Gasteiger partial charge in [-0.15, -0.1) is 0 Å². The number of aliphatic carboxylic acids is 1. The Kier molecular flexibility index (Phi) is 23.1. The minimum absolute atomic E-state index is 0.00784. The molecule has 0 bridgehead atoms. The lowest BCUT2D eigenvalue weighted by molar-refractivity contribution is -0.146. The van der Waals surface area contributed by atoms with Crippen LogP contribution in [0.5, 0.6) is 0 Å². The summed E-state index contributed by atoms with van der Waals surface area (Å²) in [5.74, 6) is -4.45.